The van der Waals surface area contributed by atoms with E-state index in [0.717, 1.165) is 0 Å². The monoisotopic (exact) mass is 499 g/mol. The highest BCUT2D eigenvalue weighted by atomic mass is 35.5. The molecule has 1 aliphatic heterocycles. The average molecular weight is 500 g/mol. The molecular formula is C25H26ClN3O6. The van der Waals surface area contributed by atoms with Crippen LogP contribution in [0.3, 0.4) is 0 Å². The second kappa shape index (κ2) is 10.3. The highest BCUT2D eigenvalue weighted by molar-refractivity contribution is 6.30. The zero-order chi connectivity index (χ0) is 25.8. The van der Waals surface area contributed by atoms with E-state index >= 15 is 0 Å². The molecule has 2 aromatic carbocycles. The van der Waals surface area contributed by atoms with Gasteiger partial charge in [-0.3, -0.25) is 0 Å². The summed E-state index contributed by atoms with van der Waals surface area (Å²) < 4.78 is 9.93. The lowest BCUT2D eigenvalue weighted by atomic mass is 10.2. The first-order valence-corrected chi connectivity index (χ1v) is 11.2. The van der Waals surface area contributed by atoms with E-state index in [4.69, 9.17) is 21.1 Å². The van der Waals surface area contributed by atoms with Gasteiger partial charge in [-0.2, -0.15) is 4.48 Å². The molecule has 0 radical (unpaired) electrons. The summed E-state index contributed by atoms with van der Waals surface area (Å²) in [6, 6.07) is 12.3. The van der Waals surface area contributed by atoms with E-state index < -0.39 is 28.2 Å². The molecule has 0 fully saturated rings. The molecular weight excluding hydrogens is 474 g/mol. The van der Waals surface area contributed by atoms with Crippen LogP contribution in [-0.2, 0) is 4.74 Å². The summed E-state index contributed by atoms with van der Waals surface area (Å²) >= 11 is 5.84. The first kappa shape index (κ1) is 25.9. The van der Waals surface area contributed by atoms with Crippen LogP contribution in [0.25, 0.3) is 0 Å². The Kier molecular flexibility index (Phi) is 7.62. The number of hydrogen-bond acceptors (Lipinski definition) is 7. The van der Waals surface area contributed by atoms with Gasteiger partial charge in [0, 0.05) is 30.7 Å². The molecule has 35 heavy (non-hydrogen) atoms. The first-order chi connectivity index (χ1) is 16.4. The summed E-state index contributed by atoms with van der Waals surface area (Å²) in [6.07, 6.45) is 0.982. The van der Waals surface area contributed by atoms with Gasteiger partial charge in [0.2, 0.25) is 5.84 Å². The van der Waals surface area contributed by atoms with Gasteiger partial charge in [0.05, 0.1) is 18.2 Å². The Morgan fingerprint density at radius 3 is 2.26 bits per heavy atom. The number of quaternary nitrogens is 1. The Morgan fingerprint density at radius 1 is 1.06 bits per heavy atom. The first-order valence-electron chi connectivity index (χ1n) is 10.8. The molecule has 184 valence electrons. The summed E-state index contributed by atoms with van der Waals surface area (Å²) in [6.45, 7) is 5.47. The van der Waals surface area contributed by atoms with Gasteiger partial charge >= 0.3 is 12.1 Å². The van der Waals surface area contributed by atoms with Crippen molar-refractivity contribution >= 4 is 41.3 Å². The van der Waals surface area contributed by atoms with Crippen molar-refractivity contribution < 1.29 is 29.0 Å². The van der Waals surface area contributed by atoms with Crippen molar-refractivity contribution in [3.05, 3.63) is 71.5 Å². The molecule has 2 aromatic rings. The van der Waals surface area contributed by atoms with Crippen LogP contribution in [0, 0.1) is 0 Å². The molecule has 0 spiro atoms. The minimum Gasteiger partial charge on any atom is -0.497 e. The predicted octanol–water partition coefficient (Wildman–Crippen LogP) is 4.35. The number of nitrogens with zero attached hydrogens (tertiary/aromatic N) is 3. The maximum Gasteiger partial charge on any atom is 0.410 e. The van der Waals surface area contributed by atoms with E-state index in [1.165, 1.54) is 41.6 Å². The van der Waals surface area contributed by atoms with E-state index in [2.05, 4.69) is 4.99 Å². The standard InChI is InChI=1S/C25H26ClN3O6/c1-25(2,3)35-23(31)28(4)15-13-21-27-14-16-29(21,24(32)33)19-9-11-20(12-10-19)34-22(30)17-5-7-18(26)8-6-17/h5-12,14,16H,13,15H2,1-4H3. The topological polar surface area (TPSA) is 108 Å². The van der Waals surface area contributed by atoms with Gasteiger partial charge < -0.3 is 24.3 Å². The summed E-state index contributed by atoms with van der Waals surface area (Å²) in [4.78, 5) is 42.5. The normalized spacial score (nSPS) is 17.0. The lowest BCUT2D eigenvalue weighted by Gasteiger charge is -2.32. The van der Waals surface area contributed by atoms with Crippen molar-refractivity contribution in [2.24, 2.45) is 4.99 Å². The number of esters is 1. The van der Waals surface area contributed by atoms with Crippen LogP contribution in [0.1, 0.15) is 37.6 Å². The van der Waals surface area contributed by atoms with Gasteiger partial charge in [-0.15, -0.1) is 0 Å². The molecule has 0 aromatic heterocycles. The van der Waals surface area contributed by atoms with Crippen molar-refractivity contribution in [3.63, 3.8) is 0 Å². The molecule has 1 atom stereocenters. The maximum atomic E-state index is 12.3. The summed E-state index contributed by atoms with van der Waals surface area (Å²) in [7, 11) is 1.56. The lowest BCUT2D eigenvalue weighted by Crippen LogP contribution is -2.59. The molecule has 9 nitrogen and oxygen atoms in total. The van der Waals surface area contributed by atoms with E-state index in [-0.39, 0.29) is 24.6 Å². The molecule has 3 rings (SSSR count). The number of carboxylic acid groups (broad SMARTS) is 1. The average Bonchev–Trinajstić information content (AvgIpc) is 3.22. The molecule has 0 N–H and O–H groups in total. The molecule has 2 amide bonds. The van der Waals surface area contributed by atoms with Crippen LogP contribution in [-0.4, -0.2) is 48.1 Å². The quantitative estimate of drug-likeness (QED) is 0.332. The number of carbonyl (C=O) groups excluding carboxylic acids is 3. The van der Waals surface area contributed by atoms with Crippen molar-refractivity contribution in [1.82, 2.24) is 9.38 Å². The predicted molar refractivity (Wildman–Crippen MR) is 130 cm³/mol. The number of ether oxygens (including phenoxy) is 2. The summed E-state index contributed by atoms with van der Waals surface area (Å²) in [5, 5.41) is 12.8. The molecule has 10 heteroatoms. The van der Waals surface area contributed by atoms with Crippen LogP contribution < -0.4 is 14.3 Å². The molecule has 0 saturated heterocycles. The highest BCUT2D eigenvalue weighted by Gasteiger charge is 2.41. The number of carbonyl (C=O) groups is 3. The third-order valence-electron chi connectivity index (χ3n) is 5.12. The number of hydrogen-bond donors (Lipinski definition) is 0. The van der Waals surface area contributed by atoms with Gasteiger partial charge in [0.25, 0.3) is 6.09 Å². The minimum absolute atomic E-state index is 0.157. The zero-order valence-electron chi connectivity index (χ0n) is 19.9. The number of amides is 2. The van der Waals surface area contributed by atoms with Gasteiger partial charge in [-0.25, -0.2) is 14.6 Å². The van der Waals surface area contributed by atoms with Crippen LogP contribution in [0.15, 0.2) is 65.9 Å². The van der Waals surface area contributed by atoms with E-state index in [1.807, 2.05) is 0 Å². The third-order valence-corrected chi connectivity index (χ3v) is 5.37. The van der Waals surface area contributed by atoms with Crippen molar-refractivity contribution in [2.75, 3.05) is 13.6 Å². The third kappa shape index (κ3) is 6.06. The molecule has 1 unspecified atom stereocenters. The second-order valence-electron chi connectivity index (χ2n) is 8.87. The Balaban J connectivity index is 1.74. The van der Waals surface area contributed by atoms with Crippen LogP contribution in [0.4, 0.5) is 15.3 Å². The fraction of sp³-hybridized carbons (Fsp3) is 0.280. The highest BCUT2D eigenvalue weighted by Crippen LogP contribution is 2.31. The SMILES string of the molecule is CN(CCC1=NC=C[N+]1(C(=O)[O-])c1ccc(OC(=O)c2ccc(Cl)cc2)cc1)C(=O)OC(C)(C)C. The number of benzene rings is 2. The molecule has 1 heterocycles. The fourth-order valence-electron chi connectivity index (χ4n) is 3.34. The largest absolute Gasteiger partial charge is 0.497 e. The Hall–Kier alpha value is -3.69. The number of halogens is 1. The van der Waals surface area contributed by atoms with Crippen LogP contribution >= 0.6 is 11.6 Å². The summed E-state index contributed by atoms with van der Waals surface area (Å²) in [5.41, 5.74) is -0.00661. The molecule has 0 saturated carbocycles. The zero-order valence-corrected chi connectivity index (χ0v) is 20.6. The molecule has 0 bridgehead atoms. The van der Waals surface area contributed by atoms with E-state index in [1.54, 1.807) is 52.1 Å². The van der Waals surface area contributed by atoms with Gasteiger partial charge in [0.1, 0.15) is 23.2 Å². The van der Waals surface area contributed by atoms with Crippen molar-refractivity contribution in [1.29, 1.82) is 0 Å². The Bertz CT molecular complexity index is 1170. The Morgan fingerprint density at radius 2 is 1.69 bits per heavy atom. The molecule has 1 aliphatic rings. The van der Waals surface area contributed by atoms with Gasteiger partial charge in [0.15, 0.2) is 0 Å². The van der Waals surface area contributed by atoms with E-state index in [9.17, 15) is 19.5 Å². The number of aliphatic imine (C=N–C) groups is 1. The van der Waals surface area contributed by atoms with E-state index in [0.29, 0.717) is 16.3 Å². The maximum absolute atomic E-state index is 12.3. The molecule has 0 aliphatic carbocycles. The second-order valence-corrected chi connectivity index (χ2v) is 9.31. The smallest absolute Gasteiger partial charge is 0.410 e. The Labute approximate surface area is 208 Å². The van der Waals surface area contributed by atoms with Crippen molar-refractivity contribution in [2.45, 2.75) is 32.8 Å². The number of amidine groups is 1. The van der Waals surface area contributed by atoms with Crippen LogP contribution in [0.2, 0.25) is 5.02 Å². The minimum atomic E-state index is -1.41. The van der Waals surface area contributed by atoms with Crippen molar-refractivity contribution in [3.8, 4) is 5.75 Å². The lowest BCUT2D eigenvalue weighted by molar-refractivity contribution is -0.257. The van der Waals surface area contributed by atoms with Gasteiger partial charge in [-0.1, -0.05) is 11.6 Å². The fourth-order valence-corrected chi connectivity index (χ4v) is 3.47. The number of rotatable bonds is 6. The summed E-state index contributed by atoms with van der Waals surface area (Å²) in [5.74, 6) is -0.0884. The van der Waals surface area contributed by atoms with Gasteiger partial charge in [-0.05, 0) is 57.2 Å². The van der Waals surface area contributed by atoms with Crippen LogP contribution in [0.5, 0.6) is 5.75 Å².